The highest BCUT2D eigenvalue weighted by Crippen LogP contribution is 2.38. The molecule has 0 aromatic carbocycles. The van der Waals surface area contributed by atoms with Gasteiger partial charge < -0.3 is 5.73 Å². The molecular weight excluding hydrogens is 330 g/mol. The Bertz CT molecular complexity index is 455. The first kappa shape index (κ1) is 10.2. The molecule has 0 saturated carbocycles. The number of rotatable bonds is 1. The first-order valence-electron chi connectivity index (χ1n) is 3.82. The van der Waals surface area contributed by atoms with Crippen LogP contribution in [0, 0.1) is 0 Å². The zero-order valence-corrected chi connectivity index (χ0v) is 11.3. The molecule has 0 radical (unpaired) electrons. The lowest BCUT2D eigenvalue weighted by Crippen LogP contribution is -1.96. The van der Waals surface area contributed by atoms with Crippen LogP contribution >= 0.6 is 43.2 Å². The SMILES string of the molecule is Cn1nc(-c2cc(Br)sc2Br)cc1N. The number of nitrogen functional groups attached to an aromatic ring is 1. The summed E-state index contributed by atoms with van der Waals surface area (Å²) in [6.45, 7) is 0. The summed E-state index contributed by atoms with van der Waals surface area (Å²) in [4.78, 5) is 0. The molecule has 2 rings (SSSR count). The van der Waals surface area contributed by atoms with Crippen molar-refractivity contribution in [2.24, 2.45) is 7.05 Å². The molecule has 0 amide bonds. The molecule has 0 unspecified atom stereocenters. The fourth-order valence-corrected chi connectivity index (χ4v) is 3.96. The number of nitrogens with two attached hydrogens (primary N) is 1. The fourth-order valence-electron chi connectivity index (χ4n) is 1.13. The highest BCUT2D eigenvalue weighted by molar-refractivity contribution is 9.12. The molecule has 2 aromatic heterocycles. The normalized spacial score (nSPS) is 10.8. The van der Waals surface area contributed by atoms with E-state index in [9.17, 15) is 0 Å². The van der Waals surface area contributed by atoms with Crippen molar-refractivity contribution in [2.75, 3.05) is 5.73 Å². The summed E-state index contributed by atoms with van der Waals surface area (Å²) in [7, 11) is 1.83. The lowest BCUT2D eigenvalue weighted by atomic mass is 10.2. The molecule has 74 valence electrons. The van der Waals surface area contributed by atoms with E-state index in [1.54, 1.807) is 16.0 Å². The Balaban J connectivity index is 2.54. The molecule has 2 N–H and O–H groups in total. The molecule has 0 fully saturated rings. The third-order valence-electron chi connectivity index (χ3n) is 1.85. The Labute approximate surface area is 102 Å². The number of anilines is 1. The van der Waals surface area contributed by atoms with Crippen LogP contribution in [0.4, 0.5) is 5.82 Å². The Kier molecular flexibility index (Phi) is 2.68. The van der Waals surface area contributed by atoms with E-state index in [2.05, 4.69) is 37.0 Å². The molecule has 14 heavy (non-hydrogen) atoms. The first-order valence-corrected chi connectivity index (χ1v) is 6.23. The van der Waals surface area contributed by atoms with Crippen molar-refractivity contribution < 1.29 is 0 Å². The largest absolute Gasteiger partial charge is 0.384 e. The number of hydrogen-bond donors (Lipinski definition) is 1. The highest BCUT2D eigenvalue weighted by Gasteiger charge is 2.11. The molecule has 0 aliphatic heterocycles. The van der Waals surface area contributed by atoms with Crippen molar-refractivity contribution in [3.63, 3.8) is 0 Å². The smallest absolute Gasteiger partial charge is 0.121 e. The molecule has 0 aliphatic rings. The lowest BCUT2D eigenvalue weighted by Gasteiger charge is -1.91. The molecule has 0 bridgehead atoms. The maximum atomic E-state index is 5.71. The van der Waals surface area contributed by atoms with Gasteiger partial charge >= 0.3 is 0 Å². The first-order chi connectivity index (χ1) is 6.58. The van der Waals surface area contributed by atoms with Gasteiger partial charge in [-0.05, 0) is 37.9 Å². The van der Waals surface area contributed by atoms with Gasteiger partial charge in [-0.1, -0.05) is 0 Å². The van der Waals surface area contributed by atoms with Gasteiger partial charge in [-0.25, -0.2) is 0 Å². The van der Waals surface area contributed by atoms with E-state index >= 15 is 0 Å². The molecule has 0 atom stereocenters. The second kappa shape index (κ2) is 3.67. The van der Waals surface area contributed by atoms with Gasteiger partial charge in [0.25, 0.3) is 0 Å². The van der Waals surface area contributed by atoms with Gasteiger partial charge in [0, 0.05) is 18.7 Å². The van der Waals surface area contributed by atoms with Crippen molar-refractivity contribution in [1.82, 2.24) is 9.78 Å². The zero-order chi connectivity index (χ0) is 10.3. The van der Waals surface area contributed by atoms with E-state index in [-0.39, 0.29) is 0 Å². The van der Waals surface area contributed by atoms with E-state index in [0.29, 0.717) is 5.82 Å². The van der Waals surface area contributed by atoms with Gasteiger partial charge in [-0.15, -0.1) is 11.3 Å². The number of nitrogens with zero attached hydrogens (tertiary/aromatic N) is 2. The molecular formula is C8H7Br2N3S. The van der Waals surface area contributed by atoms with E-state index in [1.165, 1.54) is 0 Å². The summed E-state index contributed by atoms with van der Waals surface area (Å²) in [5.74, 6) is 0.661. The highest BCUT2D eigenvalue weighted by atomic mass is 79.9. The van der Waals surface area contributed by atoms with Crippen molar-refractivity contribution in [1.29, 1.82) is 0 Å². The molecule has 0 saturated heterocycles. The summed E-state index contributed by atoms with van der Waals surface area (Å²) in [5, 5.41) is 4.30. The maximum Gasteiger partial charge on any atom is 0.121 e. The van der Waals surface area contributed by atoms with Crippen molar-refractivity contribution >= 4 is 49.0 Å². The summed E-state index contributed by atoms with van der Waals surface area (Å²) in [5.41, 5.74) is 7.66. The van der Waals surface area contributed by atoms with Crippen LogP contribution in [0.1, 0.15) is 0 Å². The topological polar surface area (TPSA) is 43.8 Å². The molecule has 2 heterocycles. The van der Waals surface area contributed by atoms with Crippen LogP contribution < -0.4 is 5.73 Å². The minimum atomic E-state index is 0.661. The predicted octanol–water partition coefficient (Wildman–Crippen LogP) is 3.26. The summed E-state index contributed by atoms with van der Waals surface area (Å²) < 4.78 is 3.79. The van der Waals surface area contributed by atoms with E-state index in [4.69, 9.17) is 5.73 Å². The number of thiophene rings is 1. The van der Waals surface area contributed by atoms with Gasteiger partial charge in [0.15, 0.2) is 0 Å². The number of aryl methyl sites for hydroxylation is 1. The summed E-state index contributed by atoms with van der Waals surface area (Å²) in [6, 6.07) is 3.88. The van der Waals surface area contributed by atoms with E-state index in [1.807, 2.05) is 19.2 Å². The number of hydrogen-bond acceptors (Lipinski definition) is 3. The predicted molar refractivity (Wildman–Crippen MR) is 66.3 cm³/mol. The number of halogens is 2. The van der Waals surface area contributed by atoms with E-state index in [0.717, 1.165) is 18.8 Å². The van der Waals surface area contributed by atoms with E-state index < -0.39 is 0 Å². The van der Waals surface area contributed by atoms with Crippen LogP contribution in [-0.4, -0.2) is 9.78 Å². The summed E-state index contributed by atoms with van der Waals surface area (Å²) >= 11 is 8.54. The third-order valence-corrected chi connectivity index (χ3v) is 4.19. The second-order valence-corrected chi connectivity index (χ2v) is 6.57. The maximum absolute atomic E-state index is 5.71. The van der Waals surface area contributed by atoms with Gasteiger partial charge in [0.2, 0.25) is 0 Å². The van der Waals surface area contributed by atoms with Crippen molar-refractivity contribution in [2.45, 2.75) is 0 Å². The van der Waals surface area contributed by atoms with Crippen LogP contribution in [-0.2, 0) is 7.05 Å². The second-order valence-electron chi connectivity index (χ2n) is 2.82. The zero-order valence-electron chi connectivity index (χ0n) is 7.29. The molecule has 0 aliphatic carbocycles. The van der Waals surface area contributed by atoms with Crippen LogP contribution in [0.5, 0.6) is 0 Å². The molecule has 6 heteroatoms. The van der Waals surface area contributed by atoms with Crippen molar-refractivity contribution in [3.8, 4) is 11.3 Å². The Hall–Kier alpha value is -0.330. The average molecular weight is 337 g/mol. The van der Waals surface area contributed by atoms with Gasteiger partial charge in [-0.2, -0.15) is 5.10 Å². The van der Waals surface area contributed by atoms with Gasteiger partial charge in [0.1, 0.15) is 5.82 Å². The summed E-state index contributed by atoms with van der Waals surface area (Å²) in [6.07, 6.45) is 0. The monoisotopic (exact) mass is 335 g/mol. The quantitative estimate of drug-likeness (QED) is 0.868. The molecule has 2 aromatic rings. The van der Waals surface area contributed by atoms with Crippen LogP contribution in [0.25, 0.3) is 11.3 Å². The van der Waals surface area contributed by atoms with Gasteiger partial charge in [-0.3, -0.25) is 4.68 Å². The van der Waals surface area contributed by atoms with Crippen LogP contribution in [0.3, 0.4) is 0 Å². The lowest BCUT2D eigenvalue weighted by molar-refractivity contribution is 0.782. The Morgan fingerprint density at radius 1 is 1.43 bits per heavy atom. The third kappa shape index (κ3) is 1.74. The van der Waals surface area contributed by atoms with Crippen molar-refractivity contribution in [3.05, 3.63) is 19.7 Å². The minimum absolute atomic E-state index is 0.661. The Morgan fingerprint density at radius 2 is 2.14 bits per heavy atom. The minimum Gasteiger partial charge on any atom is -0.384 e. The van der Waals surface area contributed by atoms with Crippen LogP contribution in [0.15, 0.2) is 19.7 Å². The molecule has 0 spiro atoms. The Morgan fingerprint density at radius 3 is 2.57 bits per heavy atom. The van der Waals surface area contributed by atoms with Crippen LogP contribution in [0.2, 0.25) is 0 Å². The van der Waals surface area contributed by atoms with Gasteiger partial charge in [0.05, 0.1) is 13.3 Å². The standard InChI is InChI=1S/C8H7Br2N3S/c1-13-7(11)3-5(12-13)4-2-6(9)14-8(4)10/h2-3H,11H2,1H3. The fraction of sp³-hybridized carbons (Fsp3) is 0.125. The average Bonchev–Trinajstić information content (AvgIpc) is 2.57. The molecule has 3 nitrogen and oxygen atoms in total. The number of aromatic nitrogens is 2.